The van der Waals surface area contributed by atoms with Crippen molar-refractivity contribution in [3.63, 3.8) is 0 Å². The fourth-order valence-corrected chi connectivity index (χ4v) is 2.53. The molecule has 100 valence electrons. The van der Waals surface area contributed by atoms with Crippen LogP contribution in [0.1, 0.15) is 32.3 Å². The number of fused-ring (bicyclic) bond motifs is 1. The Morgan fingerprint density at radius 1 is 1.39 bits per heavy atom. The quantitative estimate of drug-likeness (QED) is 0.870. The number of ether oxygens (including phenoxy) is 2. The molecule has 1 heterocycles. The van der Waals surface area contributed by atoms with Crippen LogP contribution in [0.2, 0.25) is 0 Å². The Kier molecular flexibility index (Phi) is 4.48. The molecule has 1 aliphatic heterocycles. The summed E-state index contributed by atoms with van der Waals surface area (Å²) in [7, 11) is 1.72. The summed E-state index contributed by atoms with van der Waals surface area (Å²) in [5.74, 6) is 1.90. The van der Waals surface area contributed by atoms with E-state index in [1.165, 1.54) is 5.56 Å². The Hall–Kier alpha value is -1.22. The minimum Gasteiger partial charge on any atom is -0.496 e. The van der Waals surface area contributed by atoms with Crippen molar-refractivity contribution in [3.8, 4) is 11.5 Å². The largest absolute Gasteiger partial charge is 0.496 e. The minimum absolute atomic E-state index is 0.388. The Morgan fingerprint density at radius 3 is 2.83 bits per heavy atom. The summed E-state index contributed by atoms with van der Waals surface area (Å²) in [5.41, 5.74) is 1.19. The predicted octanol–water partition coefficient (Wildman–Crippen LogP) is 2.78. The molecule has 0 aliphatic carbocycles. The van der Waals surface area contributed by atoms with E-state index >= 15 is 0 Å². The van der Waals surface area contributed by atoms with E-state index in [4.69, 9.17) is 9.47 Å². The summed E-state index contributed by atoms with van der Waals surface area (Å²) >= 11 is 0. The smallest absolute Gasteiger partial charge is 0.126 e. The third kappa shape index (κ3) is 2.78. The van der Waals surface area contributed by atoms with Crippen molar-refractivity contribution in [3.05, 3.63) is 23.8 Å². The van der Waals surface area contributed by atoms with Gasteiger partial charge in [-0.1, -0.05) is 19.9 Å². The van der Waals surface area contributed by atoms with Gasteiger partial charge >= 0.3 is 0 Å². The minimum atomic E-state index is 0.388. The van der Waals surface area contributed by atoms with E-state index in [2.05, 4.69) is 19.2 Å². The summed E-state index contributed by atoms with van der Waals surface area (Å²) in [6.07, 6.45) is 3.30. The molecule has 0 spiro atoms. The first-order valence-electron chi connectivity index (χ1n) is 6.83. The maximum absolute atomic E-state index is 5.83. The fourth-order valence-electron chi connectivity index (χ4n) is 2.53. The first-order valence-corrected chi connectivity index (χ1v) is 6.83. The van der Waals surface area contributed by atoms with Crippen molar-refractivity contribution >= 4 is 0 Å². The zero-order valence-corrected chi connectivity index (χ0v) is 11.5. The number of nitrogens with one attached hydrogen (secondary N) is 1. The van der Waals surface area contributed by atoms with Crippen LogP contribution in [0.25, 0.3) is 0 Å². The van der Waals surface area contributed by atoms with E-state index in [1.807, 2.05) is 18.2 Å². The second kappa shape index (κ2) is 6.10. The second-order valence-corrected chi connectivity index (χ2v) is 4.83. The molecule has 1 aliphatic rings. The standard InChI is InChI=1S/C15H23NO2/c1-4-11(5-2)16-12-9-13-14(17-3)7-6-8-15(13)18-10-12/h6-8,11-12,16H,4-5,9-10H2,1-3H3. The first-order chi connectivity index (χ1) is 8.78. The topological polar surface area (TPSA) is 30.5 Å². The molecule has 1 atom stereocenters. The fraction of sp³-hybridized carbons (Fsp3) is 0.600. The zero-order valence-electron chi connectivity index (χ0n) is 11.5. The second-order valence-electron chi connectivity index (χ2n) is 4.83. The lowest BCUT2D eigenvalue weighted by Crippen LogP contribution is -2.44. The molecule has 0 saturated heterocycles. The number of benzene rings is 1. The van der Waals surface area contributed by atoms with E-state index in [1.54, 1.807) is 7.11 Å². The highest BCUT2D eigenvalue weighted by molar-refractivity contribution is 5.46. The van der Waals surface area contributed by atoms with Crippen molar-refractivity contribution < 1.29 is 9.47 Å². The van der Waals surface area contributed by atoms with Gasteiger partial charge in [0.25, 0.3) is 0 Å². The van der Waals surface area contributed by atoms with Gasteiger partial charge in [-0.3, -0.25) is 0 Å². The monoisotopic (exact) mass is 249 g/mol. The SMILES string of the molecule is CCC(CC)NC1COc2cccc(OC)c2C1. The molecule has 1 aromatic carbocycles. The van der Waals surface area contributed by atoms with Gasteiger partial charge in [0.05, 0.1) is 7.11 Å². The van der Waals surface area contributed by atoms with Crippen LogP contribution < -0.4 is 14.8 Å². The molecule has 18 heavy (non-hydrogen) atoms. The molecular weight excluding hydrogens is 226 g/mol. The Balaban J connectivity index is 2.09. The van der Waals surface area contributed by atoms with Crippen molar-refractivity contribution in [2.24, 2.45) is 0 Å². The molecule has 1 aromatic rings. The molecule has 3 nitrogen and oxygen atoms in total. The maximum Gasteiger partial charge on any atom is 0.126 e. The van der Waals surface area contributed by atoms with Gasteiger partial charge < -0.3 is 14.8 Å². The van der Waals surface area contributed by atoms with Crippen molar-refractivity contribution in [2.45, 2.75) is 45.2 Å². The van der Waals surface area contributed by atoms with E-state index in [9.17, 15) is 0 Å². The number of methoxy groups -OCH3 is 1. The third-order valence-corrected chi connectivity index (χ3v) is 3.66. The molecule has 0 saturated carbocycles. The Labute approximate surface area is 109 Å². The third-order valence-electron chi connectivity index (χ3n) is 3.66. The van der Waals surface area contributed by atoms with Crippen LogP contribution >= 0.6 is 0 Å². The van der Waals surface area contributed by atoms with Gasteiger partial charge in [0.15, 0.2) is 0 Å². The van der Waals surface area contributed by atoms with Gasteiger partial charge in [0.1, 0.15) is 18.1 Å². The average Bonchev–Trinajstić information content (AvgIpc) is 2.43. The molecule has 0 aromatic heterocycles. The molecule has 3 heteroatoms. The average molecular weight is 249 g/mol. The van der Waals surface area contributed by atoms with Crippen LogP contribution in [0, 0.1) is 0 Å². The van der Waals surface area contributed by atoms with Gasteiger partial charge in [-0.15, -0.1) is 0 Å². The van der Waals surface area contributed by atoms with Crippen LogP contribution in [0.4, 0.5) is 0 Å². The normalized spacial score (nSPS) is 18.3. The summed E-state index contributed by atoms with van der Waals surface area (Å²) in [6, 6.07) is 6.97. The summed E-state index contributed by atoms with van der Waals surface area (Å²) in [5, 5.41) is 3.67. The lowest BCUT2D eigenvalue weighted by Gasteiger charge is -2.30. The summed E-state index contributed by atoms with van der Waals surface area (Å²) < 4.78 is 11.2. The molecule has 2 rings (SSSR count). The zero-order chi connectivity index (χ0) is 13.0. The highest BCUT2D eigenvalue weighted by Crippen LogP contribution is 2.32. The van der Waals surface area contributed by atoms with Gasteiger partial charge in [-0.2, -0.15) is 0 Å². The van der Waals surface area contributed by atoms with Crippen molar-refractivity contribution in [1.82, 2.24) is 5.32 Å². The van der Waals surface area contributed by atoms with E-state index in [0.717, 1.165) is 37.4 Å². The van der Waals surface area contributed by atoms with Crippen LogP contribution in [0.3, 0.4) is 0 Å². The van der Waals surface area contributed by atoms with Crippen molar-refractivity contribution in [1.29, 1.82) is 0 Å². The highest BCUT2D eigenvalue weighted by Gasteiger charge is 2.23. The van der Waals surface area contributed by atoms with Crippen molar-refractivity contribution in [2.75, 3.05) is 13.7 Å². The molecule has 1 N–H and O–H groups in total. The molecule has 0 radical (unpaired) electrons. The van der Waals surface area contributed by atoms with Crippen LogP contribution in [-0.4, -0.2) is 25.8 Å². The lowest BCUT2D eigenvalue weighted by atomic mass is 10.00. The Morgan fingerprint density at radius 2 is 2.17 bits per heavy atom. The van der Waals surface area contributed by atoms with E-state index < -0.39 is 0 Å². The van der Waals surface area contributed by atoms with Gasteiger partial charge in [0, 0.05) is 17.6 Å². The highest BCUT2D eigenvalue weighted by atomic mass is 16.5. The number of hydrogen-bond acceptors (Lipinski definition) is 3. The van der Waals surface area contributed by atoms with E-state index in [0.29, 0.717) is 12.1 Å². The Bertz CT molecular complexity index is 374. The van der Waals surface area contributed by atoms with Crippen LogP contribution in [-0.2, 0) is 6.42 Å². The summed E-state index contributed by atoms with van der Waals surface area (Å²) in [4.78, 5) is 0. The lowest BCUT2D eigenvalue weighted by molar-refractivity contribution is 0.221. The summed E-state index contributed by atoms with van der Waals surface area (Å²) in [6.45, 7) is 5.19. The number of hydrogen-bond donors (Lipinski definition) is 1. The van der Waals surface area contributed by atoms with Crippen LogP contribution in [0.5, 0.6) is 11.5 Å². The molecule has 0 bridgehead atoms. The van der Waals surface area contributed by atoms with Gasteiger partial charge in [0.2, 0.25) is 0 Å². The first kappa shape index (κ1) is 13.2. The molecular formula is C15H23NO2. The van der Waals surface area contributed by atoms with Gasteiger partial charge in [-0.25, -0.2) is 0 Å². The van der Waals surface area contributed by atoms with Gasteiger partial charge in [-0.05, 0) is 31.4 Å². The maximum atomic E-state index is 5.83. The number of rotatable bonds is 5. The predicted molar refractivity (Wildman–Crippen MR) is 73.5 cm³/mol. The molecule has 0 fully saturated rings. The van der Waals surface area contributed by atoms with E-state index in [-0.39, 0.29) is 0 Å². The van der Waals surface area contributed by atoms with Crippen LogP contribution in [0.15, 0.2) is 18.2 Å². The molecule has 0 amide bonds. The molecule has 1 unspecified atom stereocenters.